The molecule has 0 radical (unpaired) electrons. The van der Waals surface area contributed by atoms with E-state index in [0.717, 1.165) is 25.7 Å². The van der Waals surface area contributed by atoms with Crippen molar-refractivity contribution < 1.29 is 9.90 Å². The normalized spacial score (nSPS) is 14.5. The van der Waals surface area contributed by atoms with Crippen molar-refractivity contribution in [3.05, 3.63) is 0 Å². The number of nitrogens with one attached hydrogen (secondary N) is 1. The Hall–Kier alpha value is -0.610. The van der Waals surface area contributed by atoms with Gasteiger partial charge in [0.15, 0.2) is 0 Å². The fraction of sp³-hybridized carbons (Fsp3) is 0.917. The summed E-state index contributed by atoms with van der Waals surface area (Å²) in [4.78, 5) is 11.4. The maximum Gasteiger partial charge on any atom is 0.220 e. The zero-order chi connectivity index (χ0) is 12.4. The Morgan fingerprint density at radius 3 is 2.56 bits per heavy atom. The Bertz CT molecular complexity index is 184. The van der Waals surface area contributed by atoms with Crippen molar-refractivity contribution >= 4 is 5.91 Å². The van der Waals surface area contributed by atoms with E-state index < -0.39 is 0 Å². The van der Waals surface area contributed by atoms with Crippen LogP contribution in [0.15, 0.2) is 0 Å². The summed E-state index contributed by atoms with van der Waals surface area (Å²) in [5.74, 6) is 0.627. The van der Waals surface area contributed by atoms with Gasteiger partial charge in [0.2, 0.25) is 5.91 Å². The first-order chi connectivity index (χ1) is 7.56. The van der Waals surface area contributed by atoms with Crippen molar-refractivity contribution in [3.63, 3.8) is 0 Å². The van der Waals surface area contributed by atoms with E-state index in [2.05, 4.69) is 12.2 Å². The van der Waals surface area contributed by atoms with Gasteiger partial charge in [0.05, 0.1) is 6.10 Å². The largest absolute Gasteiger partial charge is 0.393 e. The highest BCUT2D eigenvalue weighted by atomic mass is 16.3. The molecular formula is C12H26N2O2. The highest BCUT2D eigenvalue weighted by Crippen LogP contribution is 2.08. The van der Waals surface area contributed by atoms with Crippen molar-refractivity contribution in [1.29, 1.82) is 0 Å². The molecule has 0 saturated carbocycles. The number of aliphatic hydroxyl groups is 1. The van der Waals surface area contributed by atoms with Crippen LogP contribution in [0.3, 0.4) is 0 Å². The molecule has 96 valence electrons. The molecule has 0 aromatic carbocycles. The quantitative estimate of drug-likeness (QED) is 0.518. The summed E-state index contributed by atoms with van der Waals surface area (Å²) in [6, 6.07) is 0. The van der Waals surface area contributed by atoms with E-state index in [1.54, 1.807) is 6.92 Å². The van der Waals surface area contributed by atoms with Gasteiger partial charge in [0.25, 0.3) is 0 Å². The van der Waals surface area contributed by atoms with Gasteiger partial charge in [-0.25, -0.2) is 0 Å². The van der Waals surface area contributed by atoms with Gasteiger partial charge >= 0.3 is 0 Å². The van der Waals surface area contributed by atoms with Crippen LogP contribution in [0.25, 0.3) is 0 Å². The van der Waals surface area contributed by atoms with Crippen LogP contribution in [0.4, 0.5) is 0 Å². The first kappa shape index (κ1) is 15.4. The summed E-state index contributed by atoms with van der Waals surface area (Å²) in [5, 5.41) is 11.9. The smallest absolute Gasteiger partial charge is 0.220 e. The third kappa shape index (κ3) is 9.93. The lowest BCUT2D eigenvalue weighted by atomic mass is 10.0. The Morgan fingerprint density at radius 1 is 1.31 bits per heavy atom. The minimum absolute atomic E-state index is 0.106. The van der Waals surface area contributed by atoms with Crippen LogP contribution in [0.5, 0.6) is 0 Å². The molecule has 0 heterocycles. The van der Waals surface area contributed by atoms with Gasteiger partial charge in [-0.15, -0.1) is 0 Å². The van der Waals surface area contributed by atoms with Crippen LogP contribution in [0.2, 0.25) is 0 Å². The monoisotopic (exact) mass is 230 g/mol. The van der Waals surface area contributed by atoms with E-state index in [9.17, 15) is 4.79 Å². The SMILES string of the molecule is CC(O)CCCNC(=O)CCC(C)CCN. The number of carbonyl (C=O) groups excluding carboxylic acids is 1. The lowest BCUT2D eigenvalue weighted by Gasteiger charge is -2.10. The number of nitrogens with two attached hydrogens (primary N) is 1. The Kier molecular flexibility index (Phi) is 9.24. The van der Waals surface area contributed by atoms with E-state index in [0.29, 0.717) is 25.4 Å². The molecule has 0 aromatic rings. The summed E-state index contributed by atoms with van der Waals surface area (Å²) in [6.45, 7) is 5.23. The summed E-state index contributed by atoms with van der Waals surface area (Å²) in [6.07, 6.45) is 3.76. The number of aliphatic hydroxyl groups excluding tert-OH is 1. The second kappa shape index (κ2) is 9.60. The number of hydrogen-bond acceptors (Lipinski definition) is 3. The van der Waals surface area contributed by atoms with Crippen LogP contribution in [-0.2, 0) is 4.79 Å². The third-order valence-electron chi connectivity index (χ3n) is 2.64. The van der Waals surface area contributed by atoms with Gasteiger partial charge < -0.3 is 16.2 Å². The molecule has 4 heteroatoms. The zero-order valence-electron chi connectivity index (χ0n) is 10.5. The molecule has 0 aliphatic heterocycles. The Balaban J connectivity index is 3.37. The van der Waals surface area contributed by atoms with E-state index in [-0.39, 0.29) is 12.0 Å². The topological polar surface area (TPSA) is 75.3 Å². The molecule has 0 aliphatic rings. The minimum atomic E-state index is -0.276. The average molecular weight is 230 g/mol. The molecule has 0 saturated heterocycles. The summed E-state index contributed by atoms with van der Waals surface area (Å²) >= 11 is 0. The fourth-order valence-corrected chi connectivity index (χ4v) is 1.52. The summed E-state index contributed by atoms with van der Waals surface area (Å²) in [7, 11) is 0. The fourth-order valence-electron chi connectivity index (χ4n) is 1.52. The molecule has 4 N–H and O–H groups in total. The van der Waals surface area contributed by atoms with Gasteiger partial charge in [-0.2, -0.15) is 0 Å². The minimum Gasteiger partial charge on any atom is -0.393 e. The van der Waals surface area contributed by atoms with Gasteiger partial charge in [0.1, 0.15) is 0 Å². The van der Waals surface area contributed by atoms with Gasteiger partial charge in [-0.1, -0.05) is 6.92 Å². The van der Waals surface area contributed by atoms with Crippen molar-refractivity contribution in [1.82, 2.24) is 5.32 Å². The molecule has 0 fully saturated rings. The van der Waals surface area contributed by atoms with Crippen LogP contribution in [0, 0.1) is 5.92 Å². The number of rotatable bonds is 9. The van der Waals surface area contributed by atoms with Crippen LogP contribution >= 0.6 is 0 Å². The third-order valence-corrected chi connectivity index (χ3v) is 2.64. The van der Waals surface area contributed by atoms with E-state index >= 15 is 0 Å². The molecule has 0 spiro atoms. The number of amides is 1. The molecule has 0 aliphatic carbocycles. The molecule has 0 aromatic heterocycles. The first-order valence-corrected chi connectivity index (χ1v) is 6.21. The van der Waals surface area contributed by atoms with Gasteiger partial charge in [0, 0.05) is 13.0 Å². The summed E-state index contributed by atoms with van der Waals surface area (Å²) in [5.41, 5.74) is 5.44. The Morgan fingerprint density at radius 2 is 2.00 bits per heavy atom. The molecule has 2 atom stereocenters. The number of carbonyl (C=O) groups is 1. The maximum atomic E-state index is 11.4. The van der Waals surface area contributed by atoms with E-state index in [1.165, 1.54) is 0 Å². The standard InChI is InChI=1S/C12H26N2O2/c1-10(7-8-13)5-6-12(16)14-9-3-4-11(2)15/h10-11,15H,3-9,13H2,1-2H3,(H,14,16). The zero-order valence-corrected chi connectivity index (χ0v) is 10.5. The first-order valence-electron chi connectivity index (χ1n) is 6.21. The lowest BCUT2D eigenvalue weighted by Crippen LogP contribution is -2.25. The van der Waals surface area contributed by atoms with Crippen molar-refractivity contribution in [3.8, 4) is 0 Å². The molecule has 16 heavy (non-hydrogen) atoms. The van der Waals surface area contributed by atoms with E-state index in [4.69, 9.17) is 10.8 Å². The average Bonchev–Trinajstić information content (AvgIpc) is 2.22. The predicted molar refractivity (Wildman–Crippen MR) is 66.0 cm³/mol. The van der Waals surface area contributed by atoms with Crippen LogP contribution in [-0.4, -0.2) is 30.2 Å². The molecule has 1 amide bonds. The van der Waals surface area contributed by atoms with Crippen molar-refractivity contribution in [2.75, 3.05) is 13.1 Å². The highest BCUT2D eigenvalue weighted by Gasteiger charge is 2.05. The van der Waals surface area contributed by atoms with Gasteiger partial charge in [-0.05, 0) is 45.1 Å². The van der Waals surface area contributed by atoms with Gasteiger partial charge in [-0.3, -0.25) is 4.79 Å². The maximum absolute atomic E-state index is 11.4. The van der Waals surface area contributed by atoms with Crippen LogP contribution < -0.4 is 11.1 Å². The second-order valence-electron chi connectivity index (χ2n) is 4.56. The van der Waals surface area contributed by atoms with Crippen molar-refractivity contribution in [2.24, 2.45) is 11.7 Å². The van der Waals surface area contributed by atoms with Crippen LogP contribution in [0.1, 0.15) is 46.0 Å². The lowest BCUT2D eigenvalue weighted by molar-refractivity contribution is -0.121. The molecular weight excluding hydrogens is 204 g/mol. The summed E-state index contributed by atoms with van der Waals surface area (Å²) < 4.78 is 0. The molecule has 2 unspecified atom stereocenters. The molecule has 0 rings (SSSR count). The highest BCUT2D eigenvalue weighted by molar-refractivity contribution is 5.75. The van der Waals surface area contributed by atoms with E-state index in [1.807, 2.05) is 0 Å². The second-order valence-corrected chi connectivity index (χ2v) is 4.56. The Labute approximate surface area is 98.6 Å². The van der Waals surface area contributed by atoms with Crippen molar-refractivity contribution in [2.45, 2.75) is 52.1 Å². The number of hydrogen-bond donors (Lipinski definition) is 3. The molecule has 0 bridgehead atoms. The molecule has 4 nitrogen and oxygen atoms in total. The predicted octanol–water partition coefficient (Wildman–Crippen LogP) is 1.03.